The number of ether oxygens (including phenoxy) is 1. The summed E-state index contributed by atoms with van der Waals surface area (Å²) in [5.41, 5.74) is 0.133. The van der Waals surface area contributed by atoms with Gasteiger partial charge in [0.25, 0.3) is 0 Å². The molecule has 0 saturated carbocycles. The zero-order chi connectivity index (χ0) is 32.9. The van der Waals surface area contributed by atoms with Crippen LogP contribution < -0.4 is 10.6 Å². The van der Waals surface area contributed by atoms with E-state index in [1.807, 2.05) is 44.2 Å². The molecule has 2 aliphatic heterocycles. The van der Waals surface area contributed by atoms with Crippen molar-refractivity contribution in [2.75, 3.05) is 18.8 Å². The van der Waals surface area contributed by atoms with Gasteiger partial charge in [0, 0.05) is 25.7 Å². The molecule has 2 unspecified atom stereocenters. The minimum absolute atomic E-state index is 0.143. The Hall–Kier alpha value is -2.50. The topological polar surface area (TPSA) is 114 Å². The van der Waals surface area contributed by atoms with Crippen LogP contribution in [0.3, 0.4) is 0 Å². The minimum Gasteiger partial charge on any atom is -0.611 e. The first-order chi connectivity index (χ1) is 21.2. The summed E-state index contributed by atoms with van der Waals surface area (Å²) >= 11 is 10.9. The van der Waals surface area contributed by atoms with Gasteiger partial charge in [-0.15, -0.1) is 0 Å². The number of fused-ring (bicyclic) bond motifs is 1. The highest BCUT2D eigenvalue weighted by Crippen LogP contribution is 2.31. The highest BCUT2D eigenvalue weighted by atomic mass is 35.5. The average Bonchev–Trinajstić information content (AvgIpc) is 3.33. The molecule has 2 aliphatic rings. The fraction of sp³-hybridized carbons (Fsp3) is 0.545. The summed E-state index contributed by atoms with van der Waals surface area (Å²) < 4.78 is 18.9. The maximum atomic E-state index is 14.3. The third-order valence-corrected chi connectivity index (χ3v) is 10.2. The number of amides is 3. The molecule has 9 nitrogen and oxygen atoms in total. The molecule has 0 aliphatic carbocycles. The molecule has 45 heavy (non-hydrogen) atoms. The number of hydrogen-bond acceptors (Lipinski definition) is 6. The van der Waals surface area contributed by atoms with Gasteiger partial charge in [0.15, 0.2) is 4.90 Å². The summed E-state index contributed by atoms with van der Waals surface area (Å²) in [4.78, 5) is 45.2. The van der Waals surface area contributed by atoms with Crippen LogP contribution in [0.1, 0.15) is 59.4 Å². The van der Waals surface area contributed by atoms with Crippen LogP contribution in [0, 0.1) is 5.92 Å². The average molecular weight is 680 g/mol. The number of carbonyl (C=O) groups is 3. The predicted octanol–water partition coefficient (Wildman–Crippen LogP) is 5.40. The van der Waals surface area contributed by atoms with Gasteiger partial charge in [-0.05, 0) is 87.0 Å². The van der Waals surface area contributed by atoms with E-state index < -0.39 is 35.0 Å². The Balaban J connectivity index is 1.57. The summed E-state index contributed by atoms with van der Waals surface area (Å²) in [5, 5.41) is 6.77. The predicted molar refractivity (Wildman–Crippen MR) is 178 cm³/mol. The quantitative estimate of drug-likeness (QED) is 0.325. The van der Waals surface area contributed by atoms with Gasteiger partial charge in [0.05, 0.1) is 22.1 Å². The van der Waals surface area contributed by atoms with Crippen molar-refractivity contribution in [3.05, 3.63) is 64.1 Å². The lowest BCUT2D eigenvalue weighted by Gasteiger charge is -2.33. The first kappa shape index (κ1) is 35.4. The summed E-state index contributed by atoms with van der Waals surface area (Å²) in [6.07, 6.45) is 0.835. The van der Waals surface area contributed by atoms with Gasteiger partial charge in [-0.2, -0.15) is 0 Å². The van der Waals surface area contributed by atoms with Crippen LogP contribution in [0.4, 0.5) is 4.79 Å². The Bertz CT molecular complexity index is 1340. The van der Waals surface area contributed by atoms with Gasteiger partial charge in [-0.1, -0.05) is 61.3 Å². The Kier molecular flexibility index (Phi) is 12.1. The first-order valence-electron chi connectivity index (χ1n) is 15.4. The van der Waals surface area contributed by atoms with Gasteiger partial charge < -0.3 is 24.8 Å². The molecule has 0 spiro atoms. The highest BCUT2D eigenvalue weighted by molar-refractivity contribution is 7.91. The summed E-state index contributed by atoms with van der Waals surface area (Å²) in [6.45, 7) is 10.4. The van der Waals surface area contributed by atoms with Crippen molar-refractivity contribution in [2.24, 2.45) is 5.92 Å². The molecule has 0 radical (unpaired) electrons. The lowest BCUT2D eigenvalue weighted by molar-refractivity contribution is -0.143. The molecular formula is C33H44Cl2N4O5S. The maximum absolute atomic E-state index is 14.3. The Morgan fingerprint density at radius 1 is 1.11 bits per heavy atom. The fourth-order valence-corrected chi connectivity index (χ4v) is 7.63. The molecule has 3 amide bonds. The van der Waals surface area contributed by atoms with E-state index in [1.54, 1.807) is 43.9 Å². The number of alkyl carbamates (subject to hydrolysis) is 1. The first-order valence-corrected chi connectivity index (χ1v) is 17.5. The van der Waals surface area contributed by atoms with Gasteiger partial charge in [0.2, 0.25) is 11.8 Å². The van der Waals surface area contributed by atoms with Gasteiger partial charge in [-0.25, -0.2) is 4.79 Å². The second-order valence-corrected chi connectivity index (χ2v) is 15.5. The molecule has 2 fully saturated rings. The van der Waals surface area contributed by atoms with Crippen molar-refractivity contribution in [2.45, 2.75) is 95.1 Å². The van der Waals surface area contributed by atoms with Crippen molar-refractivity contribution in [3.8, 4) is 0 Å². The zero-order valence-electron chi connectivity index (χ0n) is 26.6. The van der Waals surface area contributed by atoms with Crippen LogP contribution in [-0.4, -0.2) is 80.9 Å². The third-order valence-electron chi connectivity index (χ3n) is 7.97. The number of halogens is 2. The molecule has 2 saturated heterocycles. The molecule has 5 atom stereocenters. The molecule has 2 N–H and O–H groups in total. The summed E-state index contributed by atoms with van der Waals surface area (Å²) in [7, 11) is 0. The van der Waals surface area contributed by atoms with E-state index in [-0.39, 0.29) is 36.4 Å². The number of benzene rings is 2. The van der Waals surface area contributed by atoms with Crippen LogP contribution >= 0.6 is 23.2 Å². The number of nitrogens with zero attached hydrogens (tertiary/aromatic N) is 2. The fourth-order valence-electron chi connectivity index (χ4n) is 5.95. The zero-order valence-corrected chi connectivity index (χ0v) is 28.9. The van der Waals surface area contributed by atoms with E-state index in [0.717, 1.165) is 10.5 Å². The monoisotopic (exact) mass is 678 g/mol. The van der Waals surface area contributed by atoms with Gasteiger partial charge >= 0.3 is 6.09 Å². The standard InChI is InChI=1S/C33H44Cl2N4O5S/c1-21(2)15-28(30(40)36-18-22-11-12-26(34)27(35)16-22)38-14-13-24(20-45(43)25-9-7-6-8-10-25)39-19-23(17-29(39)31(38)41)37-32(42)44-33(3,4)5/h6-12,16,21,23-24,28-29H,13-15,17-20H2,1-5H3,(H,36,40)(H,37,42)/t23-,24?,28-,29+,45?/m1/s1. The Labute approximate surface area is 279 Å². The molecular weight excluding hydrogens is 635 g/mol. The van der Waals surface area contributed by atoms with E-state index in [9.17, 15) is 18.9 Å². The molecule has 0 bridgehead atoms. The molecule has 2 aromatic carbocycles. The number of hydrogen-bond donors (Lipinski definition) is 2. The number of carbonyl (C=O) groups excluding carboxylic acids is 3. The maximum Gasteiger partial charge on any atom is 0.407 e. The molecule has 2 aromatic rings. The summed E-state index contributed by atoms with van der Waals surface area (Å²) in [5.74, 6) is 0.0674. The van der Waals surface area contributed by atoms with Crippen LogP contribution in [0.2, 0.25) is 10.0 Å². The van der Waals surface area contributed by atoms with Gasteiger partial charge in [0.1, 0.15) is 17.4 Å². The Morgan fingerprint density at radius 2 is 1.82 bits per heavy atom. The normalized spacial score (nSPS) is 22.0. The van der Waals surface area contributed by atoms with E-state index in [4.69, 9.17) is 27.9 Å². The minimum atomic E-state index is -1.30. The highest BCUT2D eigenvalue weighted by Gasteiger charge is 2.48. The van der Waals surface area contributed by atoms with Crippen molar-refractivity contribution in [1.29, 1.82) is 0 Å². The van der Waals surface area contributed by atoms with E-state index >= 15 is 0 Å². The Morgan fingerprint density at radius 3 is 2.47 bits per heavy atom. The van der Waals surface area contributed by atoms with E-state index in [2.05, 4.69) is 15.5 Å². The number of nitrogens with one attached hydrogen (secondary N) is 2. The van der Waals surface area contributed by atoms with Crippen LogP contribution in [-0.2, 0) is 32.0 Å². The van der Waals surface area contributed by atoms with Crippen LogP contribution in [0.5, 0.6) is 0 Å². The molecule has 0 aromatic heterocycles. The van der Waals surface area contributed by atoms with Crippen molar-refractivity contribution in [3.63, 3.8) is 0 Å². The van der Waals surface area contributed by atoms with Crippen LogP contribution in [0.25, 0.3) is 0 Å². The number of rotatable bonds is 10. The molecule has 12 heteroatoms. The SMILES string of the molecule is CC(C)C[C@H](C(=O)NCc1ccc(Cl)c(Cl)c1)N1CCC(C[S+]([O-])c2ccccc2)N2C[C@H](NC(=O)OC(C)(C)C)C[C@H]2C1=O. The smallest absolute Gasteiger partial charge is 0.407 e. The van der Waals surface area contributed by atoms with E-state index in [0.29, 0.717) is 48.2 Å². The van der Waals surface area contributed by atoms with Crippen LogP contribution in [0.15, 0.2) is 53.4 Å². The third kappa shape index (κ3) is 9.75. The lowest BCUT2D eigenvalue weighted by atomic mass is 10.00. The van der Waals surface area contributed by atoms with E-state index in [1.165, 1.54) is 0 Å². The molecule has 2 heterocycles. The molecule has 4 rings (SSSR count). The second-order valence-electron chi connectivity index (χ2n) is 13.2. The molecule has 246 valence electrons. The second kappa shape index (κ2) is 15.4. The van der Waals surface area contributed by atoms with Crippen molar-refractivity contribution in [1.82, 2.24) is 20.4 Å². The van der Waals surface area contributed by atoms with Crippen molar-refractivity contribution >= 4 is 52.3 Å². The van der Waals surface area contributed by atoms with Gasteiger partial charge in [-0.3, -0.25) is 14.5 Å². The lowest BCUT2D eigenvalue weighted by Crippen LogP contribution is -2.53. The largest absolute Gasteiger partial charge is 0.611 e. The summed E-state index contributed by atoms with van der Waals surface area (Å²) in [6, 6.07) is 12.7. The van der Waals surface area contributed by atoms with Crippen molar-refractivity contribution < 1.29 is 23.7 Å².